The Hall–Kier alpha value is -1.27. The third kappa shape index (κ3) is 7.10. The van der Waals surface area contributed by atoms with E-state index in [9.17, 15) is 4.79 Å². The molecule has 72 valence electrons. The van der Waals surface area contributed by atoms with Gasteiger partial charge in [-0.15, -0.1) is 11.8 Å². The fourth-order valence-corrected chi connectivity index (χ4v) is 0.691. The average Bonchev–Trinajstić information content (AvgIpc) is 2.10. The molecule has 0 saturated carbocycles. The summed E-state index contributed by atoms with van der Waals surface area (Å²) in [7, 11) is 0. The van der Waals surface area contributed by atoms with E-state index in [-0.39, 0.29) is 0 Å². The number of nitrogens with one attached hydrogen (secondary N) is 1. The van der Waals surface area contributed by atoms with Crippen molar-refractivity contribution in [1.82, 2.24) is 5.32 Å². The van der Waals surface area contributed by atoms with Gasteiger partial charge in [0.05, 0.1) is 0 Å². The Balaban J connectivity index is 3.48. The van der Waals surface area contributed by atoms with Gasteiger partial charge in [0.1, 0.15) is 0 Å². The standard InChI is InChI=1S/C10H15NO2/c1-3-4-5-7-11-8-6-9(2)10(12)13/h6,11H,5,7-8H2,1-2H3,(H,12,13)/b9-6-. The van der Waals surface area contributed by atoms with Gasteiger partial charge in [0.2, 0.25) is 0 Å². The van der Waals surface area contributed by atoms with Gasteiger partial charge >= 0.3 is 5.97 Å². The highest BCUT2D eigenvalue weighted by molar-refractivity contribution is 5.85. The van der Waals surface area contributed by atoms with Gasteiger partial charge in [-0.25, -0.2) is 4.79 Å². The average molecular weight is 181 g/mol. The van der Waals surface area contributed by atoms with Crippen molar-refractivity contribution in [3.63, 3.8) is 0 Å². The van der Waals surface area contributed by atoms with Crippen molar-refractivity contribution in [2.45, 2.75) is 20.3 Å². The lowest BCUT2D eigenvalue weighted by Gasteiger charge is -1.97. The molecular formula is C10H15NO2. The zero-order valence-electron chi connectivity index (χ0n) is 8.05. The molecule has 0 saturated heterocycles. The highest BCUT2D eigenvalue weighted by Gasteiger charge is 1.96. The minimum Gasteiger partial charge on any atom is -0.478 e. The minimum absolute atomic E-state index is 0.370. The second-order valence-electron chi connectivity index (χ2n) is 2.57. The zero-order chi connectivity index (χ0) is 10.1. The Kier molecular flexibility index (Phi) is 6.66. The van der Waals surface area contributed by atoms with Gasteiger partial charge in [-0.3, -0.25) is 0 Å². The summed E-state index contributed by atoms with van der Waals surface area (Å²) in [5.41, 5.74) is 0.370. The van der Waals surface area contributed by atoms with Crippen molar-refractivity contribution < 1.29 is 9.90 Å². The maximum atomic E-state index is 10.3. The summed E-state index contributed by atoms with van der Waals surface area (Å²) in [6.45, 7) is 4.76. The molecule has 0 spiro atoms. The van der Waals surface area contributed by atoms with Crippen molar-refractivity contribution >= 4 is 5.97 Å². The zero-order valence-corrected chi connectivity index (χ0v) is 8.05. The van der Waals surface area contributed by atoms with Crippen molar-refractivity contribution in [2.24, 2.45) is 0 Å². The molecule has 0 aromatic rings. The van der Waals surface area contributed by atoms with E-state index in [2.05, 4.69) is 17.2 Å². The summed E-state index contributed by atoms with van der Waals surface area (Å²) in [5.74, 6) is 4.83. The van der Waals surface area contributed by atoms with Gasteiger partial charge in [-0.05, 0) is 13.8 Å². The first kappa shape index (κ1) is 11.7. The molecule has 0 aliphatic carbocycles. The van der Waals surface area contributed by atoms with Crippen LogP contribution in [0, 0.1) is 11.8 Å². The molecule has 3 heteroatoms. The summed E-state index contributed by atoms with van der Waals surface area (Å²) in [6.07, 6.45) is 2.46. The van der Waals surface area contributed by atoms with E-state index in [1.54, 1.807) is 19.9 Å². The van der Waals surface area contributed by atoms with Gasteiger partial charge in [-0.1, -0.05) is 6.08 Å². The Morgan fingerprint density at radius 1 is 1.62 bits per heavy atom. The number of carboxylic acids is 1. The number of hydrogen-bond donors (Lipinski definition) is 2. The van der Waals surface area contributed by atoms with Crippen LogP contribution >= 0.6 is 0 Å². The number of hydrogen-bond acceptors (Lipinski definition) is 2. The number of carboxylic acid groups (broad SMARTS) is 1. The molecule has 0 radical (unpaired) electrons. The molecule has 2 N–H and O–H groups in total. The number of rotatable bonds is 5. The van der Waals surface area contributed by atoms with Crippen molar-refractivity contribution in [3.8, 4) is 11.8 Å². The molecule has 0 aliphatic rings. The van der Waals surface area contributed by atoms with Crippen molar-refractivity contribution in [2.75, 3.05) is 13.1 Å². The number of aliphatic carboxylic acids is 1. The van der Waals surface area contributed by atoms with Gasteiger partial charge in [0, 0.05) is 25.1 Å². The smallest absolute Gasteiger partial charge is 0.330 e. The van der Waals surface area contributed by atoms with Crippen LogP contribution < -0.4 is 5.32 Å². The van der Waals surface area contributed by atoms with Gasteiger partial charge in [0.15, 0.2) is 0 Å². The monoisotopic (exact) mass is 181 g/mol. The Bertz CT molecular complexity index is 245. The summed E-state index contributed by atoms with van der Waals surface area (Å²) in [5, 5.41) is 11.6. The molecule has 3 nitrogen and oxygen atoms in total. The highest BCUT2D eigenvalue weighted by atomic mass is 16.4. The lowest BCUT2D eigenvalue weighted by atomic mass is 10.3. The summed E-state index contributed by atoms with van der Waals surface area (Å²) >= 11 is 0. The number of carbonyl (C=O) groups is 1. The van der Waals surface area contributed by atoms with Crippen LogP contribution in [-0.2, 0) is 4.79 Å². The van der Waals surface area contributed by atoms with Crippen LogP contribution in [0.4, 0.5) is 0 Å². The van der Waals surface area contributed by atoms with Crippen LogP contribution in [0.1, 0.15) is 20.3 Å². The van der Waals surface area contributed by atoms with Crippen LogP contribution in [0.3, 0.4) is 0 Å². The van der Waals surface area contributed by atoms with Gasteiger partial charge in [-0.2, -0.15) is 0 Å². The lowest BCUT2D eigenvalue weighted by Crippen LogP contribution is -2.15. The molecule has 0 heterocycles. The van der Waals surface area contributed by atoms with Crippen LogP contribution in [0.15, 0.2) is 11.6 Å². The first-order valence-corrected chi connectivity index (χ1v) is 4.19. The maximum Gasteiger partial charge on any atom is 0.330 e. The highest BCUT2D eigenvalue weighted by Crippen LogP contribution is 1.89. The molecule has 0 aromatic carbocycles. The van der Waals surface area contributed by atoms with E-state index in [0.717, 1.165) is 13.0 Å². The van der Waals surface area contributed by atoms with Crippen LogP contribution in [0.5, 0.6) is 0 Å². The van der Waals surface area contributed by atoms with Crippen molar-refractivity contribution in [3.05, 3.63) is 11.6 Å². The Labute approximate surface area is 78.8 Å². The van der Waals surface area contributed by atoms with Crippen LogP contribution in [0.2, 0.25) is 0 Å². The van der Waals surface area contributed by atoms with E-state index in [1.807, 2.05) is 0 Å². The third-order valence-electron chi connectivity index (χ3n) is 1.49. The minimum atomic E-state index is -0.866. The Morgan fingerprint density at radius 3 is 2.85 bits per heavy atom. The maximum absolute atomic E-state index is 10.3. The quantitative estimate of drug-likeness (QED) is 0.378. The predicted octanol–water partition coefficient (Wildman–Crippen LogP) is 1.02. The van der Waals surface area contributed by atoms with E-state index < -0.39 is 5.97 Å². The first-order chi connectivity index (χ1) is 6.18. The lowest BCUT2D eigenvalue weighted by molar-refractivity contribution is -0.132. The second-order valence-corrected chi connectivity index (χ2v) is 2.57. The van der Waals surface area contributed by atoms with E-state index in [1.165, 1.54) is 0 Å². The van der Waals surface area contributed by atoms with E-state index in [4.69, 9.17) is 5.11 Å². The van der Waals surface area contributed by atoms with Gasteiger partial charge < -0.3 is 10.4 Å². The van der Waals surface area contributed by atoms with Gasteiger partial charge in [0.25, 0.3) is 0 Å². The Morgan fingerprint density at radius 2 is 2.31 bits per heavy atom. The summed E-state index contributed by atoms with van der Waals surface area (Å²) in [4.78, 5) is 10.3. The second kappa shape index (κ2) is 7.38. The molecule has 0 bridgehead atoms. The van der Waals surface area contributed by atoms with Crippen LogP contribution in [0.25, 0.3) is 0 Å². The largest absolute Gasteiger partial charge is 0.478 e. The molecular weight excluding hydrogens is 166 g/mol. The first-order valence-electron chi connectivity index (χ1n) is 4.19. The summed E-state index contributed by atoms with van der Waals surface area (Å²) < 4.78 is 0. The molecule has 0 rings (SSSR count). The molecule has 0 amide bonds. The molecule has 0 aromatic heterocycles. The SMILES string of the molecule is CC#CCCNC/C=C(/C)C(=O)O. The normalized spacial score (nSPS) is 10.5. The topological polar surface area (TPSA) is 49.3 Å². The van der Waals surface area contributed by atoms with E-state index in [0.29, 0.717) is 12.1 Å². The third-order valence-corrected chi connectivity index (χ3v) is 1.49. The fraction of sp³-hybridized carbons (Fsp3) is 0.500. The predicted molar refractivity (Wildman–Crippen MR) is 52.3 cm³/mol. The van der Waals surface area contributed by atoms with E-state index >= 15 is 0 Å². The molecule has 0 atom stereocenters. The molecule has 0 unspecified atom stereocenters. The van der Waals surface area contributed by atoms with Crippen LogP contribution in [-0.4, -0.2) is 24.2 Å². The molecule has 13 heavy (non-hydrogen) atoms. The summed E-state index contributed by atoms with van der Waals surface area (Å²) in [6, 6.07) is 0. The molecule has 0 aliphatic heterocycles. The van der Waals surface area contributed by atoms with Crippen molar-refractivity contribution in [1.29, 1.82) is 0 Å². The molecule has 0 fully saturated rings. The fourth-order valence-electron chi connectivity index (χ4n) is 0.691.